The smallest absolute Gasteiger partial charge is 0.241 e. The van der Waals surface area contributed by atoms with Crippen LogP contribution in [0.5, 0.6) is 0 Å². The summed E-state index contributed by atoms with van der Waals surface area (Å²) in [7, 11) is 0. The molecule has 0 saturated carbocycles. The van der Waals surface area contributed by atoms with Gasteiger partial charge >= 0.3 is 0 Å². The lowest BCUT2D eigenvalue weighted by Gasteiger charge is -2.27. The van der Waals surface area contributed by atoms with Crippen LogP contribution in [0.1, 0.15) is 32.4 Å². The molecule has 0 bridgehead atoms. The molecule has 174 valence electrons. The monoisotopic (exact) mass is 569 g/mol. The Kier molecular flexibility index (Phi) is 5.06. The van der Waals surface area contributed by atoms with Gasteiger partial charge in [0.2, 0.25) is 29.0 Å². The van der Waals surface area contributed by atoms with Crippen LogP contribution in [0.15, 0.2) is 71.2 Å². The van der Waals surface area contributed by atoms with Crippen molar-refractivity contribution < 1.29 is 23.9 Å². The second kappa shape index (κ2) is 7.83. The fourth-order valence-corrected chi connectivity index (χ4v) is 6.09. The number of anilines is 1. The zero-order valence-corrected chi connectivity index (χ0v) is 20.8. The lowest BCUT2D eigenvalue weighted by atomic mass is 9.77. The highest BCUT2D eigenvalue weighted by atomic mass is 79.9. The number of hydrogen-bond donors (Lipinski definition) is 0. The Labute approximate surface area is 217 Å². The maximum Gasteiger partial charge on any atom is 0.241 e. The van der Waals surface area contributed by atoms with Gasteiger partial charge in [0, 0.05) is 15.6 Å². The first-order valence-electron chi connectivity index (χ1n) is 10.7. The van der Waals surface area contributed by atoms with E-state index in [1.165, 1.54) is 30.3 Å². The molecule has 2 fully saturated rings. The van der Waals surface area contributed by atoms with Crippen LogP contribution in [0.4, 0.5) is 5.69 Å². The highest BCUT2D eigenvalue weighted by Crippen LogP contribution is 2.58. The number of carbonyl (C=O) groups excluding carboxylic acids is 4. The number of ether oxygens (including phenoxy) is 1. The molecule has 1 aliphatic carbocycles. The normalized spacial score (nSPS) is 24.4. The molecule has 6 rings (SSSR count). The molecule has 3 aromatic carbocycles. The Balaban J connectivity index is 1.55. The van der Waals surface area contributed by atoms with Gasteiger partial charge in [-0.05, 0) is 35.9 Å². The number of rotatable bonds is 2. The summed E-state index contributed by atoms with van der Waals surface area (Å²) in [6.07, 6.45) is -0.996. The summed E-state index contributed by atoms with van der Waals surface area (Å²) in [5.74, 6) is -4.90. The fraction of sp³-hybridized carbons (Fsp3) is 0.154. The maximum absolute atomic E-state index is 13.9. The lowest BCUT2D eigenvalue weighted by molar-refractivity contribution is -0.127. The molecular weight excluding hydrogens is 557 g/mol. The molecule has 35 heavy (non-hydrogen) atoms. The topological polar surface area (TPSA) is 80.8 Å². The minimum absolute atomic E-state index is 0.164. The van der Waals surface area contributed by atoms with Crippen LogP contribution in [-0.2, 0) is 14.3 Å². The van der Waals surface area contributed by atoms with Crippen molar-refractivity contribution in [3.05, 3.63) is 97.9 Å². The van der Waals surface area contributed by atoms with Gasteiger partial charge in [0.1, 0.15) is 0 Å². The van der Waals surface area contributed by atoms with E-state index < -0.39 is 46.9 Å². The quantitative estimate of drug-likeness (QED) is 0.302. The Bertz CT molecular complexity index is 1450. The Morgan fingerprint density at radius 3 is 2.11 bits per heavy atom. The molecule has 2 saturated heterocycles. The second-order valence-corrected chi connectivity index (χ2v) is 10.4. The van der Waals surface area contributed by atoms with E-state index in [9.17, 15) is 19.2 Å². The molecule has 0 radical (unpaired) electrons. The Morgan fingerprint density at radius 2 is 1.49 bits per heavy atom. The summed E-state index contributed by atoms with van der Waals surface area (Å²) in [4.78, 5) is 56.1. The molecule has 3 atom stereocenters. The predicted octanol–water partition coefficient (Wildman–Crippen LogP) is 5.45. The molecule has 2 amide bonds. The van der Waals surface area contributed by atoms with Crippen molar-refractivity contribution in [1.82, 2.24) is 0 Å². The molecule has 1 spiro atoms. The van der Waals surface area contributed by atoms with E-state index in [1.54, 1.807) is 36.4 Å². The third-order valence-corrected chi connectivity index (χ3v) is 8.09. The standard InChI is InChI=1S/C26H14BrCl2NO5/c27-13-5-3-4-12(10-13)21-19-20(25(34)30(24(19)33)14-8-9-17(28)18(29)11-14)26(35-21)22(31)15-6-1-2-7-16(15)23(26)32/h1-11,19-21H/t19-,20-,21-/m0/s1. The first-order chi connectivity index (χ1) is 16.8. The number of benzene rings is 3. The van der Waals surface area contributed by atoms with Gasteiger partial charge in [-0.25, -0.2) is 4.90 Å². The SMILES string of the molecule is O=C1[C@H]2[C@@H](C(=O)N1c1ccc(Cl)c(Cl)c1)C1(O[C@H]2c2cccc(Br)c2)C(=O)c2ccccc2C1=O. The van der Waals surface area contributed by atoms with Crippen molar-refractivity contribution >= 4 is 68.2 Å². The van der Waals surface area contributed by atoms with Crippen molar-refractivity contribution in [3.8, 4) is 0 Å². The highest BCUT2D eigenvalue weighted by molar-refractivity contribution is 9.10. The van der Waals surface area contributed by atoms with E-state index in [2.05, 4.69) is 15.9 Å². The van der Waals surface area contributed by atoms with E-state index in [0.29, 0.717) is 5.56 Å². The number of ketones is 2. The van der Waals surface area contributed by atoms with Gasteiger partial charge in [-0.2, -0.15) is 0 Å². The van der Waals surface area contributed by atoms with Crippen LogP contribution >= 0.6 is 39.1 Å². The van der Waals surface area contributed by atoms with Crippen LogP contribution in [0.3, 0.4) is 0 Å². The molecule has 3 aliphatic rings. The number of halogens is 3. The molecule has 2 heterocycles. The summed E-state index contributed by atoms with van der Waals surface area (Å²) in [5.41, 5.74) is -0.986. The number of fused-ring (bicyclic) bond motifs is 3. The van der Waals surface area contributed by atoms with Crippen LogP contribution in [0.2, 0.25) is 10.0 Å². The van der Waals surface area contributed by atoms with Gasteiger partial charge < -0.3 is 4.74 Å². The van der Waals surface area contributed by atoms with Crippen molar-refractivity contribution in [2.75, 3.05) is 4.90 Å². The number of carbonyl (C=O) groups is 4. The number of imide groups is 1. The van der Waals surface area contributed by atoms with Gasteiger partial charge in [0.25, 0.3) is 0 Å². The molecule has 0 unspecified atom stereocenters. The zero-order valence-electron chi connectivity index (χ0n) is 17.7. The van der Waals surface area contributed by atoms with Gasteiger partial charge in [0.15, 0.2) is 0 Å². The molecular formula is C26H14BrCl2NO5. The van der Waals surface area contributed by atoms with Crippen LogP contribution < -0.4 is 4.90 Å². The third-order valence-electron chi connectivity index (χ3n) is 6.86. The van der Waals surface area contributed by atoms with Gasteiger partial charge in [-0.1, -0.05) is 75.5 Å². The van der Waals surface area contributed by atoms with Crippen molar-refractivity contribution in [2.45, 2.75) is 11.7 Å². The van der Waals surface area contributed by atoms with Crippen molar-refractivity contribution in [3.63, 3.8) is 0 Å². The Hall–Kier alpha value is -2.84. The average molecular weight is 571 g/mol. The molecule has 2 aliphatic heterocycles. The maximum atomic E-state index is 13.9. The molecule has 6 nitrogen and oxygen atoms in total. The van der Waals surface area contributed by atoms with Crippen LogP contribution in [0.25, 0.3) is 0 Å². The van der Waals surface area contributed by atoms with Crippen molar-refractivity contribution in [1.29, 1.82) is 0 Å². The van der Waals surface area contributed by atoms with E-state index in [-0.39, 0.29) is 26.9 Å². The molecule has 3 aromatic rings. The van der Waals surface area contributed by atoms with Crippen molar-refractivity contribution in [2.24, 2.45) is 11.8 Å². The van der Waals surface area contributed by atoms with E-state index in [0.717, 1.165) is 9.37 Å². The second-order valence-electron chi connectivity index (χ2n) is 8.65. The summed E-state index contributed by atoms with van der Waals surface area (Å²) in [5, 5.41) is 0.426. The lowest BCUT2D eigenvalue weighted by Crippen LogP contribution is -2.51. The van der Waals surface area contributed by atoms with E-state index in [4.69, 9.17) is 27.9 Å². The fourth-order valence-electron chi connectivity index (χ4n) is 5.38. The minimum atomic E-state index is -2.13. The zero-order chi connectivity index (χ0) is 24.6. The highest BCUT2D eigenvalue weighted by Gasteiger charge is 2.74. The summed E-state index contributed by atoms with van der Waals surface area (Å²) < 4.78 is 6.98. The van der Waals surface area contributed by atoms with E-state index in [1.807, 2.05) is 0 Å². The minimum Gasteiger partial charge on any atom is -0.349 e. The summed E-state index contributed by atoms with van der Waals surface area (Å²) >= 11 is 15.6. The van der Waals surface area contributed by atoms with Crippen LogP contribution in [-0.4, -0.2) is 29.0 Å². The van der Waals surface area contributed by atoms with E-state index >= 15 is 0 Å². The van der Waals surface area contributed by atoms with Gasteiger partial charge in [-0.15, -0.1) is 0 Å². The van der Waals surface area contributed by atoms with Gasteiger partial charge in [-0.3, -0.25) is 19.2 Å². The average Bonchev–Trinajstić information content (AvgIpc) is 3.41. The number of hydrogen-bond acceptors (Lipinski definition) is 5. The summed E-state index contributed by atoms with van der Waals surface area (Å²) in [6, 6.07) is 17.8. The summed E-state index contributed by atoms with van der Waals surface area (Å²) in [6.45, 7) is 0. The number of nitrogens with zero attached hydrogens (tertiary/aromatic N) is 1. The third kappa shape index (κ3) is 2.99. The predicted molar refractivity (Wildman–Crippen MR) is 132 cm³/mol. The molecule has 0 aromatic heterocycles. The number of Topliss-reactive ketones (excluding diaryl/α,β-unsaturated/α-hetero) is 2. The number of amides is 2. The first-order valence-corrected chi connectivity index (χ1v) is 12.3. The van der Waals surface area contributed by atoms with Crippen LogP contribution in [0, 0.1) is 11.8 Å². The molecule has 0 N–H and O–H groups in total. The molecule has 9 heteroatoms. The largest absolute Gasteiger partial charge is 0.349 e. The first kappa shape index (κ1) is 22.6. The van der Waals surface area contributed by atoms with Gasteiger partial charge in [0.05, 0.1) is 33.7 Å². The Morgan fingerprint density at radius 1 is 0.800 bits per heavy atom.